The fourth-order valence-electron chi connectivity index (χ4n) is 4.30. The highest BCUT2D eigenvalue weighted by atomic mass is 16.2. The van der Waals surface area contributed by atoms with Crippen LogP contribution in [0.25, 0.3) is 11.3 Å². The van der Waals surface area contributed by atoms with Gasteiger partial charge in [0.05, 0.1) is 6.04 Å². The number of carbonyl (C=O) groups is 2. The van der Waals surface area contributed by atoms with Crippen molar-refractivity contribution in [2.45, 2.75) is 39.2 Å². The van der Waals surface area contributed by atoms with E-state index >= 15 is 0 Å². The molecule has 0 aliphatic carbocycles. The average molecular weight is 460 g/mol. The standard InChI is InChI=1S/C25H29N7O2/c1-3-13-31-14-5-4-6-19(31)24-30-21(22(23(26)33)32(24)27)17-7-9-18(10-8-17)25(34)29-20-15-16(2)11-12-28-20/h3,7-13,15,19H,4-6,14,27H2,1-2H3,(H2,26,33)(H,28,29,34). The number of hydrogen-bond acceptors (Lipinski definition) is 6. The monoisotopic (exact) mass is 459 g/mol. The van der Waals surface area contributed by atoms with Crippen molar-refractivity contribution in [3.63, 3.8) is 0 Å². The topological polar surface area (TPSA) is 132 Å². The first-order chi connectivity index (χ1) is 16.4. The zero-order valence-electron chi connectivity index (χ0n) is 19.4. The van der Waals surface area contributed by atoms with Crippen molar-refractivity contribution >= 4 is 17.6 Å². The Balaban J connectivity index is 1.64. The van der Waals surface area contributed by atoms with Gasteiger partial charge in [-0.1, -0.05) is 18.2 Å². The van der Waals surface area contributed by atoms with Crippen molar-refractivity contribution < 1.29 is 9.59 Å². The molecule has 1 saturated heterocycles. The highest BCUT2D eigenvalue weighted by Gasteiger charge is 2.30. The molecule has 9 heteroatoms. The number of amides is 2. The lowest BCUT2D eigenvalue weighted by Gasteiger charge is -2.34. The molecule has 2 amide bonds. The van der Waals surface area contributed by atoms with E-state index in [4.69, 9.17) is 16.6 Å². The van der Waals surface area contributed by atoms with Crippen LogP contribution >= 0.6 is 0 Å². The predicted octanol–water partition coefficient (Wildman–Crippen LogP) is 3.38. The molecule has 3 heterocycles. The highest BCUT2D eigenvalue weighted by molar-refractivity contribution is 6.04. The Bertz CT molecular complexity index is 1230. The Kier molecular flexibility index (Phi) is 6.62. The van der Waals surface area contributed by atoms with Crippen LogP contribution in [0.2, 0.25) is 0 Å². The smallest absolute Gasteiger partial charge is 0.269 e. The number of hydrogen-bond donors (Lipinski definition) is 3. The molecular weight excluding hydrogens is 430 g/mol. The minimum Gasteiger partial charge on any atom is -0.368 e. The maximum Gasteiger partial charge on any atom is 0.269 e. The third kappa shape index (κ3) is 4.63. The zero-order valence-corrected chi connectivity index (χ0v) is 19.4. The number of aryl methyl sites for hydroxylation is 1. The summed E-state index contributed by atoms with van der Waals surface area (Å²) in [5.74, 6) is 6.47. The normalized spacial score (nSPS) is 16.1. The maximum absolute atomic E-state index is 12.6. The first-order valence-corrected chi connectivity index (χ1v) is 11.3. The summed E-state index contributed by atoms with van der Waals surface area (Å²) in [6.07, 6.45) is 8.66. The minimum absolute atomic E-state index is 0.0475. The molecule has 3 aromatic rings. The third-order valence-corrected chi connectivity index (χ3v) is 5.93. The number of primary amides is 1. The molecule has 176 valence electrons. The van der Waals surface area contributed by atoms with Gasteiger partial charge in [-0.15, -0.1) is 0 Å². The van der Waals surface area contributed by atoms with Crippen LogP contribution in [-0.4, -0.2) is 37.9 Å². The number of aromatic nitrogens is 3. The van der Waals surface area contributed by atoms with E-state index in [1.54, 1.807) is 36.5 Å². The second kappa shape index (κ2) is 9.78. The van der Waals surface area contributed by atoms with Crippen LogP contribution in [0.3, 0.4) is 0 Å². The number of nitrogen functional groups attached to an aromatic ring is 1. The van der Waals surface area contributed by atoms with Gasteiger partial charge in [0.15, 0.2) is 11.5 Å². The molecule has 1 fully saturated rings. The molecule has 0 bridgehead atoms. The van der Waals surface area contributed by atoms with E-state index in [1.165, 1.54) is 4.68 Å². The van der Waals surface area contributed by atoms with Crippen LogP contribution in [0.1, 0.15) is 64.5 Å². The summed E-state index contributed by atoms with van der Waals surface area (Å²) in [6.45, 7) is 4.79. The van der Waals surface area contributed by atoms with E-state index in [0.29, 0.717) is 28.5 Å². The summed E-state index contributed by atoms with van der Waals surface area (Å²) < 4.78 is 1.31. The van der Waals surface area contributed by atoms with Crippen molar-refractivity contribution in [3.8, 4) is 11.3 Å². The first-order valence-electron chi connectivity index (χ1n) is 11.3. The fourth-order valence-corrected chi connectivity index (χ4v) is 4.30. The molecule has 1 aromatic carbocycles. The lowest BCUT2D eigenvalue weighted by Crippen LogP contribution is -2.33. The van der Waals surface area contributed by atoms with E-state index < -0.39 is 5.91 Å². The summed E-state index contributed by atoms with van der Waals surface area (Å²) in [4.78, 5) is 36.1. The molecule has 1 atom stereocenters. The number of piperidine rings is 1. The maximum atomic E-state index is 12.6. The van der Waals surface area contributed by atoms with Gasteiger partial charge < -0.3 is 21.8 Å². The van der Waals surface area contributed by atoms with Crippen LogP contribution in [-0.2, 0) is 0 Å². The highest BCUT2D eigenvalue weighted by Crippen LogP contribution is 2.33. The van der Waals surface area contributed by atoms with Crippen molar-refractivity contribution in [1.82, 2.24) is 19.5 Å². The summed E-state index contributed by atoms with van der Waals surface area (Å²) in [5.41, 5.74) is 8.33. The number of nitrogens with two attached hydrogens (primary N) is 2. The average Bonchev–Trinajstić information content (AvgIpc) is 3.17. The Morgan fingerprint density at radius 3 is 2.62 bits per heavy atom. The van der Waals surface area contributed by atoms with Gasteiger partial charge in [-0.3, -0.25) is 9.59 Å². The Morgan fingerprint density at radius 1 is 1.18 bits per heavy atom. The van der Waals surface area contributed by atoms with Gasteiger partial charge in [-0.05, 0) is 69.1 Å². The van der Waals surface area contributed by atoms with Gasteiger partial charge in [0.1, 0.15) is 11.5 Å². The number of anilines is 1. The van der Waals surface area contributed by atoms with Crippen LogP contribution < -0.4 is 16.9 Å². The lowest BCUT2D eigenvalue weighted by atomic mass is 10.0. The predicted molar refractivity (Wildman–Crippen MR) is 131 cm³/mol. The van der Waals surface area contributed by atoms with Crippen molar-refractivity contribution in [3.05, 3.63) is 77.5 Å². The van der Waals surface area contributed by atoms with Gasteiger partial charge in [0.2, 0.25) is 0 Å². The van der Waals surface area contributed by atoms with Crippen molar-refractivity contribution in [1.29, 1.82) is 0 Å². The molecule has 0 saturated carbocycles. The van der Waals surface area contributed by atoms with E-state index in [1.807, 2.05) is 32.2 Å². The van der Waals surface area contributed by atoms with Gasteiger partial charge in [0, 0.05) is 23.9 Å². The Hall–Kier alpha value is -4.14. The van der Waals surface area contributed by atoms with Gasteiger partial charge >= 0.3 is 0 Å². The summed E-state index contributed by atoms with van der Waals surface area (Å²) in [6, 6.07) is 10.4. The van der Waals surface area contributed by atoms with E-state index in [-0.39, 0.29) is 17.6 Å². The Labute approximate surface area is 198 Å². The molecule has 1 aliphatic heterocycles. The largest absolute Gasteiger partial charge is 0.368 e. The minimum atomic E-state index is -0.656. The molecular formula is C25H29N7O2. The molecule has 9 nitrogen and oxygen atoms in total. The summed E-state index contributed by atoms with van der Waals surface area (Å²) in [5, 5.41) is 2.79. The molecule has 4 rings (SSSR count). The van der Waals surface area contributed by atoms with E-state index in [2.05, 4.69) is 15.2 Å². The molecule has 34 heavy (non-hydrogen) atoms. The number of allylic oxidation sites excluding steroid dienone is 1. The number of pyridine rings is 1. The first kappa shape index (κ1) is 23.0. The molecule has 2 aromatic heterocycles. The number of benzene rings is 1. The van der Waals surface area contributed by atoms with Crippen molar-refractivity contribution in [2.24, 2.45) is 5.73 Å². The molecule has 1 unspecified atom stereocenters. The SMILES string of the molecule is CC=CN1CCCCC1c1nc(-c2ccc(C(=O)Nc3cc(C)ccn3)cc2)c(C(N)=O)n1N. The number of carbonyl (C=O) groups excluding carboxylic acids is 2. The summed E-state index contributed by atoms with van der Waals surface area (Å²) >= 11 is 0. The number of imidazole rings is 1. The van der Waals surface area contributed by atoms with Crippen LogP contribution in [0.15, 0.2) is 54.9 Å². The molecule has 1 aliphatic rings. The number of likely N-dealkylation sites (tertiary alicyclic amines) is 1. The van der Waals surface area contributed by atoms with Gasteiger partial charge in [0.25, 0.3) is 11.8 Å². The number of nitrogens with one attached hydrogen (secondary N) is 1. The molecule has 0 spiro atoms. The van der Waals surface area contributed by atoms with Gasteiger partial charge in [-0.25, -0.2) is 14.6 Å². The van der Waals surface area contributed by atoms with E-state index in [0.717, 1.165) is 31.4 Å². The zero-order chi connectivity index (χ0) is 24.2. The second-order valence-corrected chi connectivity index (χ2v) is 8.38. The van der Waals surface area contributed by atoms with E-state index in [9.17, 15) is 9.59 Å². The lowest BCUT2D eigenvalue weighted by molar-refractivity contribution is 0.0990. The number of rotatable bonds is 6. The van der Waals surface area contributed by atoms with Crippen LogP contribution in [0.4, 0.5) is 5.82 Å². The Morgan fingerprint density at radius 2 is 1.94 bits per heavy atom. The van der Waals surface area contributed by atoms with Crippen LogP contribution in [0, 0.1) is 6.92 Å². The molecule has 0 radical (unpaired) electrons. The third-order valence-electron chi connectivity index (χ3n) is 5.93. The van der Waals surface area contributed by atoms with Crippen LogP contribution in [0.5, 0.6) is 0 Å². The van der Waals surface area contributed by atoms with Crippen molar-refractivity contribution in [2.75, 3.05) is 17.7 Å². The molecule has 5 N–H and O–H groups in total. The van der Waals surface area contributed by atoms with Gasteiger partial charge in [-0.2, -0.15) is 0 Å². The fraction of sp³-hybridized carbons (Fsp3) is 0.280. The quantitative estimate of drug-likeness (QED) is 0.484. The number of nitrogens with zero attached hydrogens (tertiary/aromatic N) is 4. The second-order valence-electron chi connectivity index (χ2n) is 8.38. The summed E-state index contributed by atoms with van der Waals surface area (Å²) in [7, 11) is 0.